The number of piperidine rings is 1. The standard InChI is InChI=1S/C21H15F7N6O/c22-11-5-13(23)18-30-8-16(33(18)9-11)17-12-7-29-14(6-15(12)34(31-17)10-21(26,27)28)19(35)32-3-1-20(24,25)2-4-32/h5-9H,1-4,10H2. The maximum atomic E-state index is 14.1. The molecule has 1 aliphatic heterocycles. The van der Waals surface area contributed by atoms with Crippen LogP contribution in [0.1, 0.15) is 23.3 Å². The second-order valence-corrected chi connectivity index (χ2v) is 8.20. The fourth-order valence-corrected chi connectivity index (χ4v) is 4.05. The summed E-state index contributed by atoms with van der Waals surface area (Å²) in [6.07, 6.45) is -2.58. The van der Waals surface area contributed by atoms with Crippen molar-refractivity contribution in [3.05, 3.63) is 48.1 Å². The number of likely N-dealkylation sites (tertiary alicyclic amines) is 1. The van der Waals surface area contributed by atoms with Gasteiger partial charge in [0.25, 0.3) is 11.8 Å². The lowest BCUT2D eigenvalue weighted by atomic mass is 10.1. The van der Waals surface area contributed by atoms with Gasteiger partial charge in [-0.05, 0) is 6.07 Å². The van der Waals surface area contributed by atoms with E-state index in [9.17, 15) is 35.5 Å². The lowest BCUT2D eigenvalue weighted by molar-refractivity contribution is -0.141. The molecule has 0 radical (unpaired) electrons. The van der Waals surface area contributed by atoms with Gasteiger partial charge in [0.05, 0.1) is 17.4 Å². The average molecular weight is 500 g/mol. The molecule has 4 aromatic heterocycles. The highest BCUT2D eigenvalue weighted by Crippen LogP contribution is 2.32. The molecule has 1 aliphatic rings. The van der Waals surface area contributed by atoms with E-state index in [-0.39, 0.29) is 46.7 Å². The Hall–Kier alpha value is -3.71. The smallest absolute Gasteiger partial charge is 0.337 e. The average Bonchev–Trinajstić information content (AvgIpc) is 3.33. The third-order valence-electron chi connectivity index (χ3n) is 5.74. The van der Waals surface area contributed by atoms with Gasteiger partial charge in [-0.2, -0.15) is 18.3 Å². The van der Waals surface area contributed by atoms with E-state index in [1.54, 1.807) is 0 Å². The minimum absolute atomic E-state index is 0.00321. The molecule has 0 unspecified atom stereocenters. The van der Waals surface area contributed by atoms with Crippen molar-refractivity contribution in [2.24, 2.45) is 0 Å². The number of rotatable bonds is 3. The molecule has 1 saturated heterocycles. The molecule has 5 rings (SSSR count). The summed E-state index contributed by atoms with van der Waals surface area (Å²) < 4.78 is 96.2. The number of alkyl halides is 5. The number of carbonyl (C=O) groups excluding carboxylic acids is 1. The molecule has 0 aromatic carbocycles. The van der Waals surface area contributed by atoms with Crippen molar-refractivity contribution < 1.29 is 35.5 Å². The fraction of sp³-hybridized carbons (Fsp3) is 0.333. The third-order valence-corrected chi connectivity index (χ3v) is 5.74. The Kier molecular flexibility index (Phi) is 5.21. The van der Waals surface area contributed by atoms with E-state index >= 15 is 0 Å². The number of carbonyl (C=O) groups is 1. The maximum absolute atomic E-state index is 14.1. The monoisotopic (exact) mass is 500 g/mol. The van der Waals surface area contributed by atoms with E-state index < -0.39 is 49.0 Å². The number of fused-ring (bicyclic) bond motifs is 2. The van der Waals surface area contributed by atoms with Gasteiger partial charge in [0, 0.05) is 49.8 Å². The van der Waals surface area contributed by atoms with Crippen LogP contribution in [0.2, 0.25) is 0 Å². The minimum Gasteiger partial charge on any atom is -0.337 e. The Bertz CT molecular complexity index is 1450. The quantitative estimate of drug-likeness (QED) is 0.390. The zero-order valence-electron chi connectivity index (χ0n) is 17.7. The molecular weight excluding hydrogens is 485 g/mol. The molecule has 5 heterocycles. The van der Waals surface area contributed by atoms with Crippen LogP contribution in [-0.4, -0.2) is 60.1 Å². The number of pyridine rings is 2. The molecule has 4 aromatic rings. The van der Waals surface area contributed by atoms with Crippen molar-refractivity contribution in [3.8, 4) is 11.4 Å². The fourth-order valence-electron chi connectivity index (χ4n) is 4.05. The normalized spacial score (nSPS) is 16.4. The molecule has 0 N–H and O–H groups in total. The van der Waals surface area contributed by atoms with Crippen LogP contribution in [0, 0.1) is 11.6 Å². The largest absolute Gasteiger partial charge is 0.408 e. The molecule has 14 heteroatoms. The number of amides is 1. The Morgan fingerprint density at radius 1 is 1.06 bits per heavy atom. The van der Waals surface area contributed by atoms with Crippen LogP contribution >= 0.6 is 0 Å². The molecule has 35 heavy (non-hydrogen) atoms. The number of nitrogens with zero attached hydrogens (tertiary/aromatic N) is 6. The SMILES string of the molecule is O=C(c1cc2c(cn1)c(-c1cnc3c(F)cc(F)cn13)nn2CC(F)(F)F)N1CCC(F)(F)CC1. The lowest BCUT2D eigenvalue weighted by Gasteiger charge is -2.31. The molecular formula is C21H15F7N6O. The van der Waals surface area contributed by atoms with Gasteiger partial charge < -0.3 is 4.90 Å². The summed E-state index contributed by atoms with van der Waals surface area (Å²) in [6.45, 7) is -1.97. The van der Waals surface area contributed by atoms with Crippen LogP contribution in [0.5, 0.6) is 0 Å². The van der Waals surface area contributed by atoms with Gasteiger partial charge in [0.15, 0.2) is 11.5 Å². The molecule has 0 spiro atoms. The van der Waals surface area contributed by atoms with Crippen molar-refractivity contribution >= 4 is 22.5 Å². The summed E-state index contributed by atoms with van der Waals surface area (Å²) in [5, 5.41) is 4.06. The molecule has 184 valence electrons. The molecule has 0 saturated carbocycles. The number of hydrogen-bond acceptors (Lipinski definition) is 4. The summed E-state index contributed by atoms with van der Waals surface area (Å²) in [6, 6.07) is 1.71. The summed E-state index contributed by atoms with van der Waals surface area (Å²) in [7, 11) is 0. The zero-order valence-corrected chi connectivity index (χ0v) is 17.7. The van der Waals surface area contributed by atoms with Crippen molar-refractivity contribution in [2.75, 3.05) is 13.1 Å². The Balaban J connectivity index is 1.61. The molecule has 7 nitrogen and oxygen atoms in total. The van der Waals surface area contributed by atoms with E-state index in [4.69, 9.17) is 0 Å². The van der Waals surface area contributed by atoms with Crippen LogP contribution in [-0.2, 0) is 6.54 Å². The summed E-state index contributed by atoms with van der Waals surface area (Å²) in [5.74, 6) is -5.51. The number of halogens is 7. The van der Waals surface area contributed by atoms with Crippen molar-refractivity contribution in [1.29, 1.82) is 0 Å². The molecule has 0 bridgehead atoms. The van der Waals surface area contributed by atoms with Crippen LogP contribution in [0.15, 0.2) is 30.7 Å². The first kappa shape index (κ1) is 23.1. The number of imidazole rings is 1. The highest BCUT2D eigenvalue weighted by molar-refractivity contribution is 5.99. The Labute approximate surface area is 191 Å². The molecule has 1 fully saturated rings. The molecule has 0 atom stereocenters. The first-order chi connectivity index (χ1) is 16.4. The van der Waals surface area contributed by atoms with E-state index in [2.05, 4.69) is 15.1 Å². The lowest BCUT2D eigenvalue weighted by Crippen LogP contribution is -2.43. The third kappa shape index (κ3) is 4.28. The first-order valence-corrected chi connectivity index (χ1v) is 10.3. The zero-order chi connectivity index (χ0) is 25.1. The topological polar surface area (TPSA) is 68.3 Å². The van der Waals surface area contributed by atoms with Crippen molar-refractivity contribution in [2.45, 2.75) is 31.5 Å². The van der Waals surface area contributed by atoms with Gasteiger partial charge >= 0.3 is 6.18 Å². The van der Waals surface area contributed by atoms with Gasteiger partial charge in [0.1, 0.15) is 23.7 Å². The predicted molar refractivity (Wildman–Crippen MR) is 108 cm³/mol. The van der Waals surface area contributed by atoms with Crippen molar-refractivity contribution in [1.82, 2.24) is 29.0 Å². The second kappa shape index (κ2) is 7.92. The Morgan fingerprint density at radius 3 is 2.46 bits per heavy atom. The van der Waals surface area contributed by atoms with E-state index in [0.717, 1.165) is 34.0 Å². The van der Waals surface area contributed by atoms with Gasteiger partial charge in [-0.15, -0.1) is 0 Å². The van der Waals surface area contributed by atoms with Crippen LogP contribution in [0.3, 0.4) is 0 Å². The minimum atomic E-state index is -4.68. The summed E-state index contributed by atoms with van der Waals surface area (Å²) in [5.41, 5.74) is -0.714. The number of hydrogen-bond donors (Lipinski definition) is 0. The van der Waals surface area contributed by atoms with E-state index in [1.807, 2.05) is 0 Å². The molecule has 0 aliphatic carbocycles. The van der Waals surface area contributed by atoms with Crippen LogP contribution in [0.4, 0.5) is 30.7 Å². The van der Waals surface area contributed by atoms with Crippen molar-refractivity contribution in [3.63, 3.8) is 0 Å². The predicted octanol–water partition coefficient (Wildman–Crippen LogP) is 4.46. The molecule has 1 amide bonds. The second-order valence-electron chi connectivity index (χ2n) is 8.20. The summed E-state index contributed by atoms with van der Waals surface area (Å²) in [4.78, 5) is 21.8. The van der Waals surface area contributed by atoms with E-state index in [1.165, 1.54) is 0 Å². The first-order valence-electron chi connectivity index (χ1n) is 10.3. The van der Waals surface area contributed by atoms with E-state index in [0.29, 0.717) is 10.7 Å². The van der Waals surface area contributed by atoms with Gasteiger partial charge in [-0.1, -0.05) is 0 Å². The van der Waals surface area contributed by atoms with Gasteiger partial charge in [-0.25, -0.2) is 22.5 Å². The summed E-state index contributed by atoms with van der Waals surface area (Å²) >= 11 is 0. The van der Waals surface area contributed by atoms with Gasteiger partial charge in [-0.3, -0.25) is 18.9 Å². The highest BCUT2D eigenvalue weighted by atomic mass is 19.4. The highest BCUT2D eigenvalue weighted by Gasteiger charge is 2.36. The maximum Gasteiger partial charge on any atom is 0.408 e. The Morgan fingerprint density at radius 2 is 1.77 bits per heavy atom. The van der Waals surface area contributed by atoms with Gasteiger partial charge in [0.2, 0.25) is 0 Å². The van der Waals surface area contributed by atoms with Crippen LogP contribution < -0.4 is 0 Å². The van der Waals surface area contributed by atoms with Crippen LogP contribution in [0.25, 0.3) is 27.9 Å². The number of aromatic nitrogens is 5.